The Morgan fingerprint density at radius 2 is 1.80 bits per heavy atom. The van der Waals surface area contributed by atoms with Gasteiger partial charge < -0.3 is 9.64 Å². The number of carbonyl (C=O) groups is 1. The lowest BCUT2D eigenvalue weighted by atomic mass is 9.94. The minimum atomic E-state index is -4.96. The van der Waals surface area contributed by atoms with Crippen molar-refractivity contribution in [3.05, 3.63) is 29.6 Å². The van der Waals surface area contributed by atoms with Gasteiger partial charge in [-0.2, -0.15) is 0 Å². The molecule has 1 aliphatic rings. The molecule has 1 aliphatic heterocycles. The van der Waals surface area contributed by atoms with Gasteiger partial charge in [0, 0.05) is 32.7 Å². The van der Waals surface area contributed by atoms with Gasteiger partial charge in [0.15, 0.2) is 11.6 Å². The number of ketones is 1. The molecule has 0 N–H and O–H groups in total. The summed E-state index contributed by atoms with van der Waals surface area (Å²) in [6, 6.07) is 3.19. The van der Waals surface area contributed by atoms with E-state index in [1.165, 1.54) is 13.0 Å². The van der Waals surface area contributed by atoms with Gasteiger partial charge in [0.25, 0.3) is 0 Å². The van der Waals surface area contributed by atoms with Crippen molar-refractivity contribution in [2.45, 2.75) is 26.1 Å². The summed E-state index contributed by atoms with van der Waals surface area (Å²) in [5.74, 6) is -2.75. The van der Waals surface area contributed by atoms with Crippen LogP contribution >= 0.6 is 0 Å². The highest BCUT2D eigenvalue weighted by molar-refractivity contribution is 5.83. The number of likely N-dealkylation sites (N-methyl/N-ethyl adjacent to an activating group) is 1. The number of benzene rings is 1. The number of hydrogen-bond acceptors (Lipinski definition) is 4. The maximum atomic E-state index is 13.9. The lowest BCUT2D eigenvalue weighted by molar-refractivity contribution is -0.275. The highest BCUT2D eigenvalue weighted by Gasteiger charge is 2.33. The maximum Gasteiger partial charge on any atom is 0.573 e. The van der Waals surface area contributed by atoms with Crippen LogP contribution in [0.15, 0.2) is 18.2 Å². The van der Waals surface area contributed by atoms with E-state index in [2.05, 4.69) is 21.5 Å². The van der Waals surface area contributed by atoms with Crippen molar-refractivity contribution in [1.82, 2.24) is 9.80 Å². The molecule has 0 saturated carbocycles. The van der Waals surface area contributed by atoms with Crippen LogP contribution in [-0.2, 0) is 4.79 Å². The summed E-state index contributed by atoms with van der Waals surface area (Å²) in [4.78, 5) is 16.4. The molecule has 1 heterocycles. The van der Waals surface area contributed by atoms with E-state index in [1.807, 2.05) is 0 Å². The zero-order valence-electron chi connectivity index (χ0n) is 14.3. The number of ether oxygens (including phenoxy) is 1. The third-order valence-corrected chi connectivity index (χ3v) is 4.43. The van der Waals surface area contributed by atoms with Crippen LogP contribution in [0.3, 0.4) is 0 Å². The summed E-state index contributed by atoms with van der Waals surface area (Å²) in [6.45, 7) is 8.28. The number of piperazine rings is 1. The van der Waals surface area contributed by atoms with Crippen molar-refractivity contribution >= 4 is 5.78 Å². The molecule has 0 amide bonds. The Hall–Kier alpha value is -1.67. The molecule has 0 radical (unpaired) electrons. The average molecular weight is 362 g/mol. The first kappa shape index (κ1) is 19.7. The Morgan fingerprint density at radius 1 is 1.20 bits per heavy atom. The molecule has 0 aliphatic carbocycles. The van der Waals surface area contributed by atoms with Crippen molar-refractivity contribution < 1.29 is 27.1 Å². The average Bonchev–Trinajstić information content (AvgIpc) is 2.54. The van der Waals surface area contributed by atoms with Gasteiger partial charge in [-0.3, -0.25) is 9.69 Å². The zero-order valence-corrected chi connectivity index (χ0v) is 14.3. The molecule has 8 heteroatoms. The van der Waals surface area contributed by atoms with Crippen LogP contribution in [0.1, 0.15) is 25.3 Å². The molecule has 140 valence electrons. The molecular weight excluding hydrogens is 340 g/mol. The van der Waals surface area contributed by atoms with Crippen molar-refractivity contribution in [3.8, 4) is 5.75 Å². The predicted octanol–water partition coefficient (Wildman–Crippen LogP) is 3.03. The van der Waals surface area contributed by atoms with Crippen molar-refractivity contribution in [2.24, 2.45) is 0 Å². The number of halogens is 4. The van der Waals surface area contributed by atoms with Crippen LogP contribution < -0.4 is 4.74 Å². The molecule has 0 aromatic heterocycles. The van der Waals surface area contributed by atoms with E-state index in [9.17, 15) is 22.4 Å². The molecule has 1 aromatic rings. The lowest BCUT2D eigenvalue weighted by Crippen LogP contribution is -2.47. The van der Waals surface area contributed by atoms with Crippen LogP contribution in [-0.4, -0.2) is 61.2 Å². The van der Waals surface area contributed by atoms with Crippen molar-refractivity contribution in [3.63, 3.8) is 0 Å². The van der Waals surface area contributed by atoms with Gasteiger partial charge in [-0.25, -0.2) is 4.39 Å². The summed E-state index contributed by atoms with van der Waals surface area (Å²) in [5, 5.41) is 0. The van der Waals surface area contributed by atoms with E-state index in [0.29, 0.717) is 12.1 Å². The van der Waals surface area contributed by atoms with Crippen molar-refractivity contribution in [1.29, 1.82) is 0 Å². The summed E-state index contributed by atoms with van der Waals surface area (Å²) in [6.07, 6.45) is -4.96. The van der Waals surface area contributed by atoms with Gasteiger partial charge >= 0.3 is 6.36 Å². The quantitative estimate of drug-likeness (QED) is 0.729. The summed E-state index contributed by atoms with van der Waals surface area (Å²) >= 11 is 0. The fraction of sp³-hybridized carbons (Fsp3) is 0.588. The predicted molar refractivity (Wildman–Crippen MR) is 85.1 cm³/mol. The molecule has 1 atom stereocenters. The van der Waals surface area contributed by atoms with E-state index in [-0.39, 0.29) is 5.78 Å². The molecule has 2 rings (SSSR count). The molecule has 0 unspecified atom stereocenters. The van der Waals surface area contributed by atoms with Crippen LogP contribution in [0.5, 0.6) is 5.75 Å². The summed E-state index contributed by atoms with van der Waals surface area (Å²) in [5.41, 5.74) is 0.359. The first-order valence-corrected chi connectivity index (χ1v) is 8.20. The van der Waals surface area contributed by atoms with Gasteiger partial charge in [0.1, 0.15) is 5.78 Å². The van der Waals surface area contributed by atoms with Gasteiger partial charge in [-0.05, 0) is 31.2 Å². The van der Waals surface area contributed by atoms with E-state index in [0.717, 1.165) is 44.9 Å². The third kappa shape index (κ3) is 5.67. The largest absolute Gasteiger partial charge is 0.573 e. The van der Waals surface area contributed by atoms with Gasteiger partial charge in [-0.15, -0.1) is 13.2 Å². The number of alkyl halides is 3. The second-order valence-electron chi connectivity index (χ2n) is 6.14. The van der Waals surface area contributed by atoms with Crippen LogP contribution in [0.25, 0.3) is 0 Å². The minimum Gasteiger partial charge on any atom is -0.403 e. The highest BCUT2D eigenvalue weighted by atomic mass is 19.4. The number of rotatable bonds is 6. The summed E-state index contributed by atoms with van der Waals surface area (Å²) < 4.78 is 54.2. The fourth-order valence-corrected chi connectivity index (χ4v) is 2.96. The Labute approximate surface area is 144 Å². The maximum absolute atomic E-state index is 13.9. The monoisotopic (exact) mass is 362 g/mol. The number of hydrogen-bond donors (Lipinski definition) is 0. The Morgan fingerprint density at radius 3 is 2.28 bits per heavy atom. The second kappa shape index (κ2) is 8.14. The zero-order chi connectivity index (χ0) is 18.6. The molecule has 0 spiro atoms. The Balaban J connectivity index is 2.10. The number of Topliss-reactive ketones (excluding diaryl/α,β-unsaturated/α-hetero) is 1. The van der Waals surface area contributed by atoms with Crippen molar-refractivity contribution in [2.75, 3.05) is 39.3 Å². The van der Waals surface area contributed by atoms with Gasteiger partial charge in [0.2, 0.25) is 0 Å². The number of carbonyl (C=O) groups excluding carboxylic acids is 1. The smallest absolute Gasteiger partial charge is 0.403 e. The molecule has 1 fully saturated rings. The highest BCUT2D eigenvalue weighted by Crippen LogP contribution is 2.29. The second-order valence-corrected chi connectivity index (χ2v) is 6.14. The molecular formula is C17H22F4N2O2. The minimum absolute atomic E-state index is 0.151. The topological polar surface area (TPSA) is 32.8 Å². The van der Waals surface area contributed by atoms with Crippen LogP contribution in [0.4, 0.5) is 17.6 Å². The van der Waals surface area contributed by atoms with Crippen LogP contribution in [0.2, 0.25) is 0 Å². The van der Waals surface area contributed by atoms with Gasteiger partial charge in [-0.1, -0.05) is 13.0 Å². The summed E-state index contributed by atoms with van der Waals surface area (Å²) in [7, 11) is 0. The molecule has 25 heavy (non-hydrogen) atoms. The third-order valence-electron chi connectivity index (χ3n) is 4.43. The molecule has 1 aromatic carbocycles. The fourth-order valence-electron chi connectivity index (χ4n) is 2.96. The SMILES string of the molecule is CCN1CCN(C[C@@H](C(C)=O)c2ccc(OC(F)(F)F)c(F)c2)CC1. The Kier molecular flexibility index (Phi) is 6.40. The number of nitrogens with zero attached hydrogens (tertiary/aromatic N) is 2. The lowest BCUT2D eigenvalue weighted by Gasteiger charge is -2.35. The first-order valence-electron chi connectivity index (χ1n) is 8.20. The normalized spacial score (nSPS) is 18.2. The van der Waals surface area contributed by atoms with E-state index in [1.54, 1.807) is 0 Å². The Bertz CT molecular complexity index is 599. The standard InChI is InChI=1S/C17H22F4N2O2/c1-3-22-6-8-23(9-7-22)11-14(12(2)24)13-4-5-16(15(18)10-13)25-17(19,20)21/h4-5,10,14H,3,6-9,11H2,1-2H3/t14-/m0/s1. The first-order chi connectivity index (χ1) is 11.7. The molecule has 1 saturated heterocycles. The van der Waals surface area contributed by atoms with Gasteiger partial charge in [0.05, 0.1) is 5.92 Å². The van der Waals surface area contributed by atoms with E-state index < -0.39 is 23.8 Å². The van der Waals surface area contributed by atoms with E-state index >= 15 is 0 Å². The van der Waals surface area contributed by atoms with E-state index in [4.69, 9.17) is 0 Å². The molecule has 4 nitrogen and oxygen atoms in total. The van der Waals surface area contributed by atoms with Crippen LogP contribution in [0, 0.1) is 5.82 Å². The molecule has 0 bridgehead atoms.